The molecule has 2 aliphatic carbocycles. The van der Waals surface area contributed by atoms with Gasteiger partial charge in [0.2, 0.25) is 5.91 Å². The first-order valence-corrected chi connectivity index (χ1v) is 8.99. The van der Waals surface area contributed by atoms with Crippen molar-refractivity contribution in [2.75, 3.05) is 26.7 Å². The predicted molar refractivity (Wildman–Crippen MR) is 87.2 cm³/mol. The Balaban J connectivity index is 1.43. The fraction of sp³-hybridized carbons (Fsp3) is 0.882. The highest BCUT2D eigenvalue weighted by Gasteiger charge is 2.38. The molecule has 1 heterocycles. The molecule has 0 radical (unpaired) electrons. The molecule has 0 unspecified atom stereocenters. The van der Waals surface area contributed by atoms with Crippen molar-refractivity contribution in [3.63, 3.8) is 0 Å². The molecule has 1 aliphatic heterocycles. The fourth-order valence-electron chi connectivity index (χ4n) is 3.86. The molecule has 3 aliphatic rings. The number of aliphatic carboxylic acids is 1. The molecule has 2 saturated carbocycles. The summed E-state index contributed by atoms with van der Waals surface area (Å²) in [7, 11) is 2.03. The van der Waals surface area contributed by atoms with Gasteiger partial charge < -0.3 is 10.4 Å². The summed E-state index contributed by atoms with van der Waals surface area (Å²) in [5.41, 5.74) is 0. The molecule has 6 nitrogen and oxygen atoms in total. The number of carboxylic acid groups (broad SMARTS) is 1. The second-order valence-corrected chi connectivity index (χ2v) is 7.59. The first-order valence-electron chi connectivity index (χ1n) is 8.99. The van der Waals surface area contributed by atoms with Crippen LogP contribution in [0.3, 0.4) is 0 Å². The maximum Gasteiger partial charge on any atom is 0.317 e. The highest BCUT2D eigenvalue weighted by molar-refractivity contribution is 5.82. The third kappa shape index (κ3) is 4.44. The smallest absolute Gasteiger partial charge is 0.317 e. The molecule has 1 atom stereocenters. The molecule has 1 saturated heterocycles. The minimum atomic E-state index is -0.748. The number of piperidine rings is 1. The number of carbonyl (C=O) groups excluding carboxylic acids is 1. The van der Waals surface area contributed by atoms with Crippen molar-refractivity contribution in [1.82, 2.24) is 15.1 Å². The summed E-state index contributed by atoms with van der Waals surface area (Å²) in [5.74, 6) is 0.100. The van der Waals surface area contributed by atoms with E-state index in [1.54, 1.807) is 0 Å². The van der Waals surface area contributed by atoms with Crippen LogP contribution in [-0.4, -0.2) is 71.6 Å². The molecule has 0 aromatic rings. The molecule has 1 amide bonds. The molecule has 6 heteroatoms. The van der Waals surface area contributed by atoms with E-state index in [9.17, 15) is 9.59 Å². The van der Waals surface area contributed by atoms with E-state index in [-0.39, 0.29) is 24.5 Å². The number of hydrogen-bond acceptors (Lipinski definition) is 4. The number of likely N-dealkylation sites (tertiary alicyclic amines) is 1. The first-order chi connectivity index (χ1) is 11.0. The van der Waals surface area contributed by atoms with Crippen LogP contribution in [0.2, 0.25) is 0 Å². The summed E-state index contributed by atoms with van der Waals surface area (Å²) >= 11 is 0. The molecule has 0 spiro atoms. The van der Waals surface area contributed by atoms with Gasteiger partial charge in [-0.1, -0.05) is 6.42 Å². The van der Waals surface area contributed by atoms with Crippen LogP contribution < -0.4 is 5.32 Å². The molecule has 23 heavy (non-hydrogen) atoms. The molecule has 130 valence electrons. The third-order valence-electron chi connectivity index (χ3n) is 5.58. The van der Waals surface area contributed by atoms with Crippen molar-refractivity contribution < 1.29 is 14.7 Å². The van der Waals surface area contributed by atoms with Crippen LogP contribution in [-0.2, 0) is 9.59 Å². The molecule has 0 aromatic carbocycles. The highest BCUT2D eigenvalue weighted by atomic mass is 16.4. The van der Waals surface area contributed by atoms with Crippen LogP contribution in [0.25, 0.3) is 0 Å². The third-order valence-corrected chi connectivity index (χ3v) is 5.58. The van der Waals surface area contributed by atoms with Gasteiger partial charge in [0.25, 0.3) is 0 Å². The zero-order valence-electron chi connectivity index (χ0n) is 14.0. The SMILES string of the molecule is CN1CCCC[C@H]1C(=O)NC1CC(N(CC(=O)O)CC2CC2)C1. The van der Waals surface area contributed by atoms with Gasteiger partial charge in [-0.3, -0.25) is 19.4 Å². The maximum absolute atomic E-state index is 12.4. The summed E-state index contributed by atoms with van der Waals surface area (Å²) in [6, 6.07) is 0.559. The average Bonchev–Trinajstić information content (AvgIpc) is 3.25. The molecule has 3 fully saturated rings. The number of rotatable bonds is 7. The Kier molecular flexibility index (Phi) is 5.21. The summed E-state index contributed by atoms with van der Waals surface area (Å²) in [6.07, 6.45) is 7.50. The lowest BCUT2D eigenvalue weighted by atomic mass is 9.84. The lowest BCUT2D eigenvalue weighted by Crippen LogP contribution is -2.58. The van der Waals surface area contributed by atoms with E-state index in [2.05, 4.69) is 15.1 Å². The second kappa shape index (κ2) is 7.18. The quantitative estimate of drug-likeness (QED) is 0.729. The number of amides is 1. The van der Waals surface area contributed by atoms with Gasteiger partial charge in [-0.05, 0) is 58.0 Å². The number of nitrogens with one attached hydrogen (secondary N) is 1. The molecular formula is C17H29N3O3. The van der Waals surface area contributed by atoms with Gasteiger partial charge in [-0.25, -0.2) is 0 Å². The summed E-state index contributed by atoms with van der Waals surface area (Å²) in [6.45, 7) is 2.04. The van der Waals surface area contributed by atoms with E-state index >= 15 is 0 Å². The van der Waals surface area contributed by atoms with Gasteiger partial charge in [0, 0.05) is 18.6 Å². The number of hydrogen-bond donors (Lipinski definition) is 2. The Morgan fingerprint density at radius 1 is 1.22 bits per heavy atom. The van der Waals surface area contributed by atoms with Crippen LogP contribution in [0.4, 0.5) is 0 Å². The van der Waals surface area contributed by atoms with Crippen molar-refractivity contribution in [1.29, 1.82) is 0 Å². The zero-order chi connectivity index (χ0) is 16.4. The number of carbonyl (C=O) groups is 2. The second-order valence-electron chi connectivity index (χ2n) is 7.59. The molecule has 3 rings (SSSR count). The molecule has 2 N–H and O–H groups in total. The Hall–Kier alpha value is -1.14. The van der Waals surface area contributed by atoms with E-state index in [1.165, 1.54) is 19.3 Å². The predicted octanol–water partition coefficient (Wildman–Crippen LogP) is 0.915. The number of nitrogens with zero attached hydrogens (tertiary/aromatic N) is 2. The van der Waals surface area contributed by atoms with Crippen LogP contribution in [0.1, 0.15) is 44.9 Å². The highest BCUT2D eigenvalue weighted by Crippen LogP contribution is 2.33. The Bertz CT molecular complexity index is 446. The Morgan fingerprint density at radius 3 is 2.57 bits per heavy atom. The summed E-state index contributed by atoms with van der Waals surface area (Å²) in [5, 5.41) is 12.2. The zero-order valence-corrected chi connectivity index (χ0v) is 14.0. The van der Waals surface area contributed by atoms with Crippen molar-refractivity contribution in [2.24, 2.45) is 5.92 Å². The van der Waals surface area contributed by atoms with Crippen LogP contribution in [0, 0.1) is 5.92 Å². The normalized spacial score (nSPS) is 31.7. The van der Waals surface area contributed by atoms with Gasteiger partial charge in [-0.2, -0.15) is 0 Å². The lowest BCUT2D eigenvalue weighted by Gasteiger charge is -2.43. The van der Waals surface area contributed by atoms with Gasteiger partial charge in [0.1, 0.15) is 0 Å². The van der Waals surface area contributed by atoms with Crippen LogP contribution in [0.15, 0.2) is 0 Å². The van der Waals surface area contributed by atoms with Crippen molar-refractivity contribution >= 4 is 11.9 Å². The lowest BCUT2D eigenvalue weighted by molar-refractivity contribution is -0.140. The van der Waals surface area contributed by atoms with Crippen LogP contribution >= 0.6 is 0 Å². The van der Waals surface area contributed by atoms with Gasteiger partial charge in [0.05, 0.1) is 12.6 Å². The summed E-state index contributed by atoms with van der Waals surface area (Å²) < 4.78 is 0. The fourth-order valence-corrected chi connectivity index (χ4v) is 3.86. The van der Waals surface area contributed by atoms with E-state index in [0.717, 1.165) is 38.8 Å². The topological polar surface area (TPSA) is 72.9 Å². The van der Waals surface area contributed by atoms with Gasteiger partial charge in [-0.15, -0.1) is 0 Å². The minimum Gasteiger partial charge on any atom is -0.480 e. The Labute approximate surface area is 138 Å². The monoisotopic (exact) mass is 323 g/mol. The van der Waals surface area contributed by atoms with E-state index in [1.807, 2.05) is 7.05 Å². The molecule has 0 bridgehead atoms. The minimum absolute atomic E-state index is 0.0180. The van der Waals surface area contributed by atoms with Gasteiger partial charge >= 0.3 is 5.97 Å². The average molecular weight is 323 g/mol. The first kappa shape index (κ1) is 16.7. The van der Waals surface area contributed by atoms with Gasteiger partial charge in [0.15, 0.2) is 0 Å². The van der Waals surface area contributed by atoms with Crippen molar-refractivity contribution in [2.45, 2.75) is 63.1 Å². The summed E-state index contributed by atoms with van der Waals surface area (Å²) in [4.78, 5) is 27.7. The standard InChI is InChI=1S/C17H29N3O3/c1-19-7-3-2-4-15(19)17(23)18-13-8-14(9-13)20(11-16(21)22)10-12-5-6-12/h12-15H,2-11H2,1H3,(H,18,23)(H,21,22)/t13?,14?,15-/m0/s1. The van der Waals surface area contributed by atoms with Crippen molar-refractivity contribution in [3.05, 3.63) is 0 Å². The van der Waals surface area contributed by atoms with Crippen molar-refractivity contribution in [3.8, 4) is 0 Å². The molecule has 0 aromatic heterocycles. The number of carboxylic acids is 1. The van der Waals surface area contributed by atoms with Crippen LogP contribution in [0.5, 0.6) is 0 Å². The van der Waals surface area contributed by atoms with E-state index in [0.29, 0.717) is 12.0 Å². The van der Waals surface area contributed by atoms with E-state index in [4.69, 9.17) is 5.11 Å². The van der Waals surface area contributed by atoms with E-state index < -0.39 is 5.97 Å². The molecular weight excluding hydrogens is 294 g/mol. The largest absolute Gasteiger partial charge is 0.480 e. The Morgan fingerprint density at radius 2 is 1.96 bits per heavy atom. The maximum atomic E-state index is 12.4. The number of likely N-dealkylation sites (N-methyl/N-ethyl adjacent to an activating group) is 1.